The van der Waals surface area contributed by atoms with Gasteiger partial charge < -0.3 is 29.2 Å². The molecule has 13 heteroatoms. The molecule has 0 aliphatic carbocycles. The second-order valence-electron chi connectivity index (χ2n) is 6.78. The summed E-state index contributed by atoms with van der Waals surface area (Å²) in [5.74, 6) is -1.53. The van der Waals surface area contributed by atoms with Crippen LogP contribution in [0.15, 0.2) is 22.6 Å². The standard InChI is InChI=1S/C18H19F3N4O6/c1-29-8-11-6-10(7-25(11)17(27)28)22-14(26)16-24-23-15(31-16)12-5-9(18(19,20)21)3-4-13(12)30-2/h3-5,10-11H,6-8H2,1-2H3,(H,22,26)(H,27,28)/t10-,11+/m1/s1. The minimum absolute atomic E-state index is 0.0392. The van der Waals surface area contributed by atoms with Gasteiger partial charge in [0.25, 0.3) is 5.89 Å². The van der Waals surface area contributed by atoms with Gasteiger partial charge in [0.1, 0.15) is 5.75 Å². The van der Waals surface area contributed by atoms with Crippen LogP contribution in [-0.4, -0.2) is 71.7 Å². The molecule has 2 N–H and O–H groups in total. The van der Waals surface area contributed by atoms with Crippen LogP contribution in [0.25, 0.3) is 11.5 Å². The van der Waals surface area contributed by atoms with E-state index >= 15 is 0 Å². The molecule has 168 valence electrons. The molecule has 1 saturated heterocycles. The maximum absolute atomic E-state index is 13.0. The van der Waals surface area contributed by atoms with Crippen LogP contribution in [0.2, 0.25) is 0 Å². The average Bonchev–Trinajstić information content (AvgIpc) is 3.34. The number of carbonyl (C=O) groups excluding carboxylic acids is 1. The zero-order chi connectivity index (χ0) is 22.8. The van der Waals surface area contributed by atoms with Crippen molar-refractivity contribution in [1.82, 2.24) is 20.4 Å². The van der Waals surface area contributed by atoms with E-state index in [-0.39, 0.29) is 30.4 Å². The van der Waals surface area contributed by atoms with E-state index in [4.69, 9.17) is 13.9 Å². The molecule has 1 aliphatic rings. The number of hydrogen-bond acceptors (Lipinski definition) is 7. The molecule has 2 heterocycles. The molecule has 2 atom stereocenters. The fourth-order valence-electron chi connectivity index (χ4n) is 3.33. The topological polar surface area (TPSA) is 127 Å². The first-order valence-corrected chi connectivity index (χ1v) is 9.02. The first-order chi connectivity index (χ1) is 14.6. The van der Waals surface area contributed by atoms with Crippen LogP contribution in [0.4, 0.5) is 18.0 Å². The predicted molar refractivity (Wildman–Crippen MR) is 97.6 cm³/mol. The fraction of sp³-hybridized carbons (Fsp3) is 0.444. The van der Waals surface area contributed by atoms with Crippen molar-refractivity contribution in [2.45, 2.75) is 24.7 Å². The minimum Gasteiger partial charge on any atom is -0.496 e. The van der Waals surface area contributed by atoms with Gasteiger partial charge in [-0.3, -0.25) is 4.79 Å². The van der Waals surface area contributed by atoms with Crippen LogP contribution in [0.1, 0.15) is 22.7 Å². The average molecular weight is 444 g/mol. The van der Waals surface area contributed by atoms with E-state index in [0.29, 0.717) is 6.42 Å². The van der Waals surface area contributed by atoms with E-state index in [1.54, 1.807) is 0 Å². The number of rotatable bonds is 6. The van der Waals surface area contributed by atoms with Crippen molar-refractivity contribution in [3.63, 3.8) is 0 Å². The molecule has 10 nitrogen and oxygen atoms in total. The number of nitrogens with one attached hydrogen (secondary N) is 1. The summed E-state index contributed by atoms with van der Waals surface area (Å²) in [6.07, 6.45) is -5.43. The van der Waals surface area contributed by atoms with E-state index < -0.39 is 41.7 Å². The molecule has 1 fully saturated rings. The number of methoxy groups -OCH3 is 2. The summed E-state index contributed by atoms with van der Waals surface area (Å²) in [5, 5.41) is 19.1. The lowest BCUT2D eigenvalue weighted by Gasteiger charge is -2.19. The number of nitrogens with zero attached hydrogens (tertiary/aromatic N) is 3. The number of hydrogen-bond donors (Lipinski definition) is 2. The first kappa shape index (κ1) is 22.3. The van der Waals surface area contributed by atoms with Crippen molar-refractivity contribution in [2.75, 3.05) is 27.4 Å². The lowest BCUT2D eigenvalue weighted by atomic mass is 10.1. The molecule has 0 radical (unpaired) electrons. The Morgan fingerprint density at radius 3 is 2.68 bits per heavy atom. The number of carbonyl (C=O) groups is 2. The van der Waals surface area contributed by atoms with E-state index in [1.807, 2.05) is 0 Å². The highest BCUT2D eigenvalue weighted by Gasteiger charge is 2.37. The Labute approximate surface area is 173 Å². The van der Waals surface area contributed by atoms with Gasteiger partial charge >= 0.3 is 24.1 Å². The van der Waals surface area contributed by atoms with Crippen molar-refractivity contribution >= 4 is 12.0 Å². The normalized spacial score (nSPS) is 18.8. The van der Waals surface area contributed by atoms with Crippen LogP contribution >= 0.6 is 0 Å². The third-order valence-corrected chi connectivity index (χ3v) is 4.73. The number of ether oxygens (including phenoxy) is 2. The third-order valence-electron chi connectivity index (χ3n) is 4.73. The van der Waals surface area contributed by atoms with Gasteiger partial charge in [-0.15, -0.1) is 10.2 Å². The maximum Gasteiger partial charge on any atom is 0.416 e. The number of alkyl halides is 3. The Hall–Kier alpha value is -3.35. The summed E-state index contributed by atoms with van der Waals surface area (Å²) >= 11 is 0. The van der Waals surface area contributed by atoms with E-state index in [1.165, 1.54) is 14.2 Å². The number of aromatic nitrogens is 2. The summed E-state index contributed by atoms with van der Waals surface area (Å²) in [6, 6.07) is 1.78. The number of benzene rings is 1. The van der Waals surface area contributed by atoms with Crippen LogP contribution in [0, 0.1) is 0 Å². The fourth-order valence-corrected chi connectivity index (χ4v) is 3.33. The molecule has 1 aromatic carbocycles. The first-order valence-electron chi connectivity index (χ1n) is 9.02. The lowest BCUT2D eigenvalue weighted by molar-refractivity contribution is -0.137. The molecule has 0 bridgehead atoms. The van der Waals surface area contributed by atoms with Gasteiger partial charge in [-0.2, -0.15) is 13.2 Å². The summed E-state index contributed by atoms with van der Waals surface area (Å²) in [4.78, 5) is 24.9. The van der Waals surface area contributed by atoms with Crippen molar-refractivity contribution in [3.05, 3.63) is 29.7 Å². The highest BCUT2D eigenvalue weighted by molar-refractivity contribution is 5.90. The Morgan fingerprint density at radius 2 is 2.06 bits per heavy atom. The molecular formula is C18H19F3N4O6. The quantitative estimate of drug-likeness (QED) is 0.695. The van der Waals surface area contributed by atoms with Crippen molar-refractivity contribution in [3.8, 4) is 17.2 Å². The van der Waals surface area contributed by atoms with Gasteiger partial charge in [0.2, 0.25) is 0 Å². The van der Waals surface area contributed by atoms with Gasteiger partial charge in [-0.1, -0.05) is 0 Å². The molecule has 3 rings (SSSR count). The molecule has 1 aromatic heterocycles. The summed E-state index contributed by atoms with van der Waals surface area (Å²) in [5.41, 5.74) is -1.07. The third kappa shape index (κ3) is 4.87. The lowest BCUT2D eigenvalue weighted by Crippen LogP contribution is -2.39. The number of amides is 2. The molecule has 2 amide bonds. The zero-order valence-electron chi connectivity index (χ0n) is 16.5. The molecule has 1 aliphatic heterocycles. The second-order valence-corrected chi connectivity index (χ2v) is 6.78. The van der Waals surface area contributed by atoms with Crippen LogP contribution in [0.3, 0.4) is 0 Å². The molecule has 2 aromatic rings. The summed E-state index contributed by atoms with van der Waals surface area (Å²) in [7, 11) is 2.70. The molecule has 0 unspecified atom stereocenters. The van der Waals surface area contributed by atoms with Gasteiger partial charge in [-0.05, 0) is 24.6 Å². The Balaban J connectivity index is 1.77. The van der Waals surface area contributed by atoms with Crippen molar-refractivity contribution in [1.29, 1.82) is 0 Å². The van der Waals surface area contributed by atoms with E-state index in [2.05, 4.69) is 15.5 Å². The summed E-state index contributed by atoms with van der Waals surface area (Å²) < 4.78 is 54.4. The highest BCUT2D eigenvalue weighted by Crippen LogP contribution is 2.36. The smallest absolute Gasteiger partial charge is 0.416 e. The van der Waals surface area contributed by atoms with Crippen molar-refractivity contribution < 1.29 is 41.8 Å². The van der Waals surface area contributed by atoms with Gasteiger partial charge in [-0.25, -0.2) is 4.79 Å². The van der Waals surface area contributed by atoms with Crippen LogP contribution in [0.5, 0.6) is 5.75 Å². The zero-order valence-corrected chi connectivity index (χ0v) is 16.5. The van der Waals surface area contributed by atoms with E-state index in [9.17, 15) is 27.9 Å². The number of halogens is 3. The van der Waals surface area contributed by atoms with E-state index in [0.717, 1.165) is 23.1 Å². The molecular weight excluding hydrogens is 425 g/mol. The van der Waals surface area contributed by atoms with Crippen LogP contribution < -0.4 is 10.1 Å². The Kier molecular flexibility index (Phi) is 6.34. The SMILES string of the molecule is COC[C@@H]1C[C@@H](NC(=O)c2nnc(-c3cc(C(F)(F)F)ccc3OC)o2)CN1C(=O)O. The minimum atomic E-state index is -4.60. The second kappa shape index (κ2) is 8.79. The molecule has 31 heavy (non-hydrogen) atoms. The molecule has 0 saturated carbocycles. The van der Waals surface area contributed by atoms with Crippen molar-refractivity contribution in [2.24, 2.45) is 0 Å². The van der Waals surface area contributed by atoms with Crippen LogP contribution in [-0.2, 0) is 10.9 Å². The van der Waals surface area contributed by atoms with Gasteiger partial charge in [0.15, 0.2) is 0 Å². The Morgan fingerprint density at radius 1 is 1.32 bits per heavy atom. The molecule has 0 spiro atoms. The highest BCUT2D eigenvalue weighted by atomic mass is 19.4. The maximum atomic E-state index is 13.0. The number of likely N-dealkylation sites (tertiary alicyclic amines) is 1. The predicted octanol–water partition coefficient (Wildman–Crippen LogP) is 2.26. The number of carboxylic acid groups (broad SMARTS) is 1. The largest absolute Gasteiger partial charge is 0.496 e. The summed E-state index contributed by atoms with van der Waals surface area (Å²) in [6.45, 7) is 0.205. The van der Waals surface area contributed by atoms with Gasteiger partial charge in [0, 0.05) is 19.7 Å². The van der Waals surface area contributed by atoms with Gasteiger partial charge in [0.05, 0.1) is 30.9 Å². The monoisotopic (exact) mass is 444 g/mol. The Bertz CT molecular complexity index is 964.